The standard InChI is InChI=1S/C16H22O5/c1-19-9-11-6-7-12(16(21-3)15(11)20-2)13(8-14(17)18)10-4-5-10/h6-7,10,13H,4-5,8-9H2,1-3H3,(H,17,18). The molecule has 0 bridgehead atoms. The average molecular weight is 294 g/mol. The van der Waals surface area contributed by atoms with E-state index in [0.29, 0.717) is 24.0 Å². The largest absolute Gasteiger partial charge is 0.493 e. The van der Waals surface area contributed by atoms with Gasteiger partial charge in [-0.25, -0.2) is 0 Å². The van der Waals surface area contributed by atoms with Crippen LogP contribution >= 0.6 is 0 Å². The third kappa shape index (κ3) is 3.47. The van der Waals surface area contributed by atoms with Gasteiger partial charge in [0.1, 0.15) is 0 Å². The molecule has 1 N–H and O–H groups in total. The highest BCUT2D eigenvalue weighted by molar-refractivity contribution is 5.69. The van der Waals surface area contributed by atoms with Crippen molar-refractivity contribution in [2.45, 2.75) is 31.8 Å². The zero-order valence-corrected chi connectivity index (χ0v) is 12.7. The lowest BCUT2D eigenvalue weighted by molar-refractivity contribution is -0.137. The predicted molar refractivity (Wildman–Crippen MR) is 78.0 cm³/mol. The summed E-state index contributed by atoms with van der Waals surface area (Å²) in [6.07, 6.45) is 2.26. The van der Waals surface area contributed by atoms with E-state index in [4.69, 9.17) is 19.3 Å². The Morgan fingerprint density at radius 1 is 1.24 bits per heavy atom. The van der Waals surface area contributed by atoms with E-state index in [2.05, 4.69) is 0 Å². The van der Waals surface area contributed by atoms with Crippen LogP contribution in [-0.4, -0.2) is 32.4 Å². The van der Waals surface area contributed by atoms with E-state index in [1.54, 1.807) is 21.3 Å². The Balaban J connectivity index is 2.43. The molecule has 0 amide bonds. The van der Waals surface area contributed by atoms with Gasteiger partial charge in [0.25, 0.3) is 0 Å². The summed E-state index contributed by atoms with van der Waals surface area (Å²) < 4.78 is 16.1. The van der Waals surface area contributed by atoms with E-state index in [-0.39, 0.29) is 12.3 Å². The second-order valence-corrected chi connectivity index (χ2v) is 5.36. The summed E-state index contributed by atoms with van der Waals surface area (Å²) in [7, 11) is 4.80. The van der Waals surface area contributed by atoms with Gasteiger partial charge in [0.2, 0.25) is 0 Å². The van der Waals surface area contributed by atoms with E-state index in [1.807, 2.05) is 12.1 Å². The molecule has 21 heavy (non-hydrogen) atoms. The summed E-state index contributed by atoms with van der Waals surface area (Å²) in [5.74, 6) is 0.878. The lowest BCUT2D eigenvalue weighted by atomic mass is 9.89. The summed E-state index contributed by atoms with van der Waals surface area (Å²) in [6.45, 7) is 0.423. The molecule has 1 unspecified atom stereocenters. The number of ether oxygens (including phenoxy) is 3. The molecule has 1 aromatic rings. The van der Waals surface area contributed by atoms with Crippen molar-refractivity contribution in [2.24, 2.45) is 5.92 Å². The molecule has 5 nitrogen and oxygen atoms in total. The molecule has 1 saturated carbocycles. The quantitative estimate of drug-likeness (QED) is 0.798. The van der Waals surface area contributed by atoms with Crippen molar-refractivity contribution in [3.8, 4) is 11.5 Å². The van der Waals surface area contributed by atoms with Gasteiger partial charge < -0.3 is 19.3 Å². The number of rotatable bonds is 8. The Morgan fingerprint density at radius 3 is 2.38 bits per heavy atom. The van der Waals surface area contributed by atoms with E-state index in [1.165, 1.54) is 0 Å². The first-order valence-electron chi connectivity index (χ1n) is 7.06. The summed E-state index contributed by atoms with van der Waals surface area (Å²) in [6, 6.07) is 3.87. The van der Waals surface area contributed by atoms with Gasteiger partial charge in [-0.1, -0.05) is 12.1 Å². The topological polar surface area (TPSA) is 65.0 Å². The number of hydrogen-bond donors (Lipinski definition) is 1. The summed E-state index contributed by atoms with van der Waals surface area (Å²) in [5, 5.41) is 9.16. The maximum atomic E-state index is 11.1. The van der Waals surface area contributed by atoms with Crippen LogP contribution in [0, 0.1) is 5.92 Å². The molecule has 0 aromatic heterocycles. The Morgan fingerprint density at radius 2 is 1.90 bits per heavy atom. The first-order valence-corrected chi connectivity index (χ1v) is 7.06. The smallest absolute Gasteiger partial charge is 0.303 e. The fourth-order valence-corrected chi connectivity index (χ4v) is 2.83. The van der Waals surface area contributed by atoms with Crippen LogP contribution in [0.25, 0.3) is 0 Å². The Hall–Kier alpha value is -1.75. The molecule has 0 spiro atoms. The van der Waals surface area contributed by atoms with Gasteiger partial charge in [-0.2, -0.15) is 0 Å². The van der Waals surface area contributed by atoms with Crippen molar-refractivity contribution >= 4 is 5.97 Å². The van der Waals surface area contributed by atoms with Gasteiger partial charge >= 0.3 is 5.97 Å². The first-order chi connectivity index (χ1) is 10.1. The molecular weight excluding hydrogens is 272 g/mol. The molecular formula is C16H22O5. The van der Waals surface area contributed by atoms with Crippen molar-refractivity contribution in [2.75, 3.05) is 21.3 Å². The van der Waals surface area contributed by atoms with Crippen LogP contribution in [0.1, 0.15) is 36.3 Å². The lowest BCUT2D eigenvalue weighted by Crippen LogP contribution is -2.11. The highest BCUT2D eigenvalue weighted by Crippen LogP contribution is 2.49. The third-order valence-corrected chi connectivity index (χ3v) is 3.92. The van der Waals surface area contributed by atoms with E-state index in [0.717, 1.165) is 24.0 Å². The Labute approximate surface area is 124 Å². The number of methoxy groups -OCH3 is 3. The molecule has 116 valence electrons. The molecule has 1 aromatic carbocycles. The van der Waals surface area contributed by atoms with Crippen molar-refractivity contribution < 1.29 is 24.1 Å². The van der Waals surface area contributed by atoms with Gasteiger partial charge in [0.15, 0.2) is 11.5 Å². The number of aliphatic carboxylic acids is 1. The molecule has 0 saturated heterocycles. The van der Waals surface area contributed by atoms with Crippen molar-refractivity contribution in [3.05, 3.63) is 23.3 Å². The van der Waals surface area contributed by atoms with Crippen LogP contribution in [0.2, 0.25) is 0 Å². The minimum atomic E-state index is -0.783. The van der Waals surface area contributed by atoms with Crippen LogP contribution in [0.3, 0.4) is 0 Å². The van der Waals surface area contributed by atoms with Gasteiger partial charge in [0, 0.05) is 24.2 Å². The molecule has 0 aliphatic heterocycles. The summed E-state index contributed by atoms with van der Waals surface area (Å²) in [4.78, 5) is 11.1. The van der Waals surface area contributed by atoms with Gasteiger partial charge in [-0.05, 0) is 18.8 Å². The molecule has 2 rings (SSSR count). The number of carbonyl (C=O) groups is 1. The molecule has 1 aliphatic carbocycles. The number of carboxylic acids is 1. The Bertz CT molecular complexity index is 508. The number of hydrogen-bond acceptors (Lipinski definition) is 4. The molecule has 1 atom stereocenters. The monoisotopic (exact) mass is 294 g/mol. The summed E-state index contributed by atoms with van der Waals surface area (Å²) in [5.41, 5.74) is 1.81. The van der Waals surface area contributed by atoms with Gasteiger partial charge in [0.05, 0.1) is 27.2 Å². The maximum absolute atomic E-state index is 11.1. The van der Waals surface area contributed by atoms with Crippen molar-refractivity contribution in [3.63, 3.8) is 0 Å². The fourth-order valence-electron chi connectivity index (χ4n) is 2.83. The second-order valence-electron chi connectivity index (χ2n) is 5.36. The van der Waals surface area contributed by atoms with Crippen molar-refractivity contribution in [1.82, 2.24) is 0 Å². The molecule has 5 heteroatoms. The normalized spacial score (nSPS) is 15.6. The van der Waals surface area contributed by atoms with Crippen LogP contribution in [0.5, 0.6) is 11.5 Å². The van der Waals surface area contributed by atoms with Crippen LogP contribution in [0.4, 0.5) is 0 Å². The minimum Gasteiger partial charge on any atom is -0.493 e. The fraction of sp³-hybridized carbons (Fsp3) is 0.562. The highest BCUT2D eigenvalue weighted by Gasteiger charge is 2.36. The second kappa shape index (κ2) is 6.80. The highest BCUT2D eigenvalue weighted by atomic mass is 16.5. The molecule has 1 aliphatic rings. The zero-order valence-electron chi connectivity index (χ0n) is 12.7. The average Bonchev–Trinajstić information content (AvgIpc) is 3.29. The van der Waals surface area contributed by atoms with Crippen LogP contribution in [-0.2, 0) is 16.1 Å². The SMILES string of the molecule is COCc1ccc(C(CC(=O)O)C2CC2)c(OC)c1OC. The van der Waals surface area contributed by atoms with Gasteiger partial charge in [-0.15, -0.1) is 0 Å². The molecule has 1 fully saturated rings. The first kappa shape index (κ1) is 15.6. The van der Waals surface area contributed by atoms with E-state index < -0.39 is 5.97 Å². The van der Waals surface area contributed by atoms with Crippen LogP contribution < -0.4 is 9.47 Å². The number of carboxylic acid groups (broad SMARTS) is 1. The predicted octanol–water partition coefficient (Wildman–Crippen LogP) is 2.82. The molecule has 0 radical (unpaired) electrons. The summed E-state index contributed by atoms with van der Waals surface area (Å²) >= 11 is 0. The van der Waals surface area contributed by atoms with Crippen LogP contribution in [0.15, 0.2) is 12.1 Å². The lowest BCUT2D eigenvalue weighted by Gasteiger charge is -2.21. The maximum Gasteiger partial charge on any atom is 0.303 e. The van der Waals surface area contributed by atoms with E-state index in [9.17, 15) is 4.79 Å². The van der Waals surface area contributed by atoms with E-state index >= 15 is 0 Å². The third-order valence-electron chi connectivity index (χ3n) is 3.92. The van der Waals surface area contributed by atoms with Gasteiger partial charge in [-0.3, -0.25) is 4.79 Å². The Kier molecular flexibility index (Phi) is 5.07. The minimum absolute atomic E-state index is 0.0251. The van der Waals surface area contributed by atoms with Crippen molar-refractivity contribution in [1.29, 1.82) is 0 Å². The zero-order chi connectivity index (χ0) is 15.4. The number of benzene rings is 1. The molecule has 0 heterocycles.